The number of phenolic OH excluding ortho intramolecular Hbond substituents is 2. The quantitative estimate of drug-likeness (QED) is 0.170. The highest BCUT2D eigenvalue weighted by molar-refractivity contribution is 7.99. The van der Waals surface area contributed by atoms with E-state index in [4.69, 9.17) is 0 Å². The third kappa shape index (κ3) is 8.67. The maximum Gasteiger partial charge on any atom is 0.453 e. The molecule has 2 N–H and O–H groups in total. The Bertz CT molecular complexity index is 1170. The molecule has 1 heterocycles. The van der Waals surface area contributed by atoms with Crippen molar-refractivity contribution in [2.45, 2.75) is 73.8 Å². The summed E-state index contributed by atoms with van der Waals surface area (Å²) in [5.74, 6) is -2.76. The Hall–Kier alpha value is -1.66. The van der Waals surface area contributed by atoms with Gasteiger partial charge in [0.05, 0.1) is 0 Å². The fourth-order valence-electron chi connectivity index (χ4n) is 5.00. The van der Waals surface area contributed by atoms with Gasteiger partial charge in [-0.05, 0) is 67.0 Å². The van der Waals surface area contributed by atoms with Crippen LogP contribution in [-0.4, -0.2) is 59.5 Å². The number of halogens is 5. The summed E-state index contributed by atoms with van der Waals surface area (Å²) >= 11 is 1.69. The lowest BCUT2D eigenvalue weighted by atomic mass is 9.68. The summed E-state index contributed by atoms with van der Waals surface area (Å²) in [5, 5.41) is 19.7. The molecule has 0 radical (unpaired) electrons. The molecule has 224 valence electrons. The first-order chi connectivity index (χ1) is 18.7. The Morgan fingerprint density at radius 2 is 1.43 bits per heavy atom. The molecule has 2 aromatic carbocycles. The third-order valence-electron chi connectivity index (χ3n) is 7.33. The number of rotatable bonds is 14. The number of benzene rings is 2. The van der Waals surface area contributed by atoms with Crippen molar-refractivity contribution in [2.75, 3.05) is 28.8 Å². The molecule has 0 spiro atoms. The van der Waals surface area contributed by atoms with E-state index in [1.807, 2.05) is 18.2 Å². The van der Waals surface area contributed by atoms with E-state index in [1.165, 1.54) is 0 Å². The van der Waals surface area contributed by atoms with E-state index in [0.717, 1.165) is 34.6 Å². The molecule has 0 amide bonds. The lowest BCUT2D eigenvalue weighted by molar-refractivity contribution is -0.284. The van der Waals surface area contributed by atoms with Crippen molar-refractivity contribution in [3.8, 4) is 11.5 Å². The van der Waals surface area contributed by atoms with Crippen LogP contribution in [0, 0.1) is 0 Å². The van der Waals surface area contributed by atoms with Gasteiger partial charge in [0.2, 0.25) is 0 Å². The van der Waals surface area contributed by atoms with Gasteiger partial charge < -0.3 is 10.2 Å². The zero-order valence-electron chi connectivity index (χ0n) is 22.2. The van der Waals surface area contributed by atoms with Crippen molar-refractivity contribution in [2.24, 2.45) is 0 Å². The van der Waals surface area contributed by atoms with Crippen molar-refractivity contribution in [3.05, 3.63) is 53.6 Å². The average Bonchev–Trinajstić information content (AvgIpc) is 2.87. The van der Waals surface area contributed by atoms with E-state index >= 15 is 0 Å². The number of hydrogen-bond donors (Lipinski definition) is 2. The Morgan fingerprint density at radius 3 is 2.05 bits per heavy atom. The molecule has 0 saturated carbocycles. The summed E-state index contributed by atoms with van der Waals surface area (Å²) in [6.07, 6.45) is -4.76. The van der Waals surface area contributed by atoms with Gasteiger partial charge in [0.1, 0.15) is 11.5 Å². The van der Waals surface area contributed by atoms with Gasteiger partial charge in [-0.25, -0.2) is 0 Å². The van der Waals surface area contributed by atoms with Gasteiger partial charge in [-0.1, -0.05) is 31.5 Å². The number of aromatic hydroxyl groups is 2. The number of hydrogen-bond acceptors (Lipinski definition) is 5. The molecule has 1 aliphatic rings. The zero-order chi connectivity index (χ0) is 29.6. The first-order valence-electron chi connectivity index (χ1n) is 13.1. The zero-order valence-corrected chi connectivity index (χ0v) is 24.7. The van der Waals surface area contributed by atoms with E-state index in [9.17, 15) is 40.6 Å². The minimum atomic E-state index is -5.60. The predicted octanol–water partition coefficient (Wildman–Crippen LogP) is 7.28. The Balaban J connectivity index is 1.46. The van der Waals surface area contributed by atoms with Gasteiger partial charge >= 0.3 is 12.1 Å². The molecule has 0 bridgehead atoms. The normalized spacial score (nSPS) is 21.1. The fourth-order valence-corrected chi connectivity index (χ4v) is 8.92. The molecule has 1 aliphatic heterocycles. The van der Waals surface area contributed by atoms with E-state index in [0.29, 0.717) is 24.3 Å². The van der Waals surface area contributed by atoms with Crippen LogP contribution < -0.4 is 0 Å². The highest BCUT2D eigenvalue weighted by Gasteiger charge is 2.56. The van der Waals surface area contributed by atoms with Crippen molar-refractivity contribution < 1.29 is 40.6 Å². The lowest BCUT2D eigenvalue weighted by Crippen LogP contribution is -2.36. The predicted molar refractivity (Wildman–Crippen MR) is 151 cm³/mol. The van der Waals surface area contributed by atoms with Crippen LogP contribution in [0.1, 0.15) is 62.5 Å². The van der Waals surface area contributed by atoms with Gasteiger partial charge in [-0.2, -0.15) is 22.0 Å². The molecule has 2 aromatic rings. The molecule has 12 heteroatoms. The monoisotopic (exact) mass is 626 g/mol. The molecule has 0 saturated heterocycles. The highest BCUT2D eigenvalue weighted by atomic mass is 32.2. The maximum absolute atomic E-state index is 13.0. The second-order valence-corrected chi connectivity index (χ2v) is 14.8. The molecule has 4 atom stereocenters. The number of thioether (sulfide) groups is 1. The number of alkyl halides is 5. The smallest absolute Gasteiger partial charge is 0.453 e. The van der Waals surface area contributed by atoms with E-state index in [1.54, 1.807) is 36.0 Å². The summed E-state index contributed by atoms with van der Waals surface area (Å²) in [5.41, 5.74) is 2.05. The third-order valence-corrected chi connectivity index (χ3v) is 11.7. The van der Waals surface area contributed by atoms with Crippen LogP contribution in [0.3, 0.4) is 0 Å². The Morgan fingerprint density at radius 1 is 0.850 bits per heavy atom. The molecule has 0 aliphatic carbocycles. The summed E-state index contributed by atoms with van der Waals surface area (Å²) < 4.78 is 87.0. The number of fused-ring (bicyclic) bond motifs is 1. The first-order valence-corrected chi connectivity index (χ1v) is 17.1. The topological polar surface area (TPSA) is 74.6 Å². The number of phenols is 2. The number of unbranched alkanes of at least 4 members (excludes halogenated alkanes) is 1. The molecular formula is C28H35F5O4S3. The van der Waals surface area contributed by atoms with Gasteiger partial charge in [0.15, 0.2) is 0 Å². The van der Waals surface area contributed by atoms with Crippen LogP contribution >= 0.6 is 11.8 Å². The first kappa shape index (κ1) is 32.8. The molecule has 0 aromatic heterocycles. The van der Waals surface area contributed by atoms with Crippen molar-refractivity contribution in [1.29, 1.82) is 0 Å². The van der Waals surface area contributed by atoms with Gasteiger partial charge in [0, 0.05) is 67.1 Å². The molecule has 3 unspecified atom stereocenters. The van der Waals surface area contributed by atoms with E-state index in [2.05, 4.69) is 6.92 Å². The van der Waals surface area contributed by atoms with Crippen LogP contribution in [0.2, 0.25) is 0 Å². The van der Waals surface area contributed by atoms with Crippen LogP contribution in [-0.2, 0) is 27.0 Å². The van der Waals surface area contributed by atoms with Gasteiger partial charge in [-0.15, -0.1) is 11.8 Å². The highest BCUT2D eigenvalue weighted by Crippen LogP contribution is 2.52. The minimum Gasteiger partial charge on any atom is -0.508 e. The van der Waals surface area contributed by atoms with Gasteiger partial charge in [0.25, 0.3) is 0 Å². The second kappa shape index (κ2) is 14.0. The Labute approximate surface area is 241 Å². The van der Waals surface area contributed by atoms with Crippen LogP contribution in [0.5, 0.6) is 11.5 Å². The van der Waals surface area contributed by atoms with Crippen LogP contribution in [0.4, 0.5) is 22.0 Å². The molecule has 3 rings (SSSR count). The summed E-state index contributed by atoms with van der Waals surface area (Å²) in [6.45, 7) is 2.20. The van der Waals surface area contributed by atoms with Crippen molar-refractivity contribution >= 4 is 33.4 Å². The SMILES string of the molecule is CC1(c2ccc(O)cc2)CSc2cc(O)ccc2[C@H]1CCCCS(=O)CCCS(=O)CCCC(F)(F)C(F)(F)F. The Kier molecular flexibility index (Phi) is 11.5. The average molecular weight is 627 g/mol. The summed E-state index contributed by atoms with van der Waals surface area (Å²) in [4.78, 5) is 1.04. The summed E-state index contributed by atoms with van der Waals surface area (Å²) in [7, 11) is -2.68. The van der Waals surface area contributed by atoms with E-state index in [-0.39, 0.29) is 34.3 Å². The molecule has 4 nitrogen and oxygen atoms in total. The molecular weight excluding hydrogens is 591 g/mol. The lowest BCUT2D eigenvalue weighted by Gasteiger charge is -2.43. The minimum absolute atomic E-state index is 0.123. The van der Waals surface area contributed by atoms with Gasteiger partial charge in [-0.3, -0.25) is 8.42 Å². The fraction of sp³-hybridized carbons (Fsp3) is 0.571. The van der Waals surface area contributed by atoms with Crippen molar-refractivity contribution in [3.63, 3.8) is 0 Å². The van der Waals surface area contributed by atoms with Crippen LogP contribution in [0.15, 0.2) is 47.4 Å². The molecule has 0 fully saturated rings. The van der Waals surface area contributed by atoms with Crippen LogP contribution in [0.25, 0.3) is 0 Å². The largest absolute Gasteiger partial charge is 0.508 e. The summed E-state index contributed by atoms with van der Waals surface area (Å²) in [6, 6.07) is 12.7. The standard InChI is InChI=1S/C28H35F5O4S3/c1-26(20-7-9-21(34)10-8-20)19-38-25-18-22(35)11-12-23(25)24(26)6-2-3-14-39(36)16-5-17-40(37)15-4-13-27(29,30)28(31,32)33/h7-12,18,24,34-35H,2-6,13-17,19H2,1H3/t24-,26?,39?,40?/m1/s1. The molecule has 40 heavy (non-hydrogen) atoms. The van der Waals surface area contributed by atoms with E-state index < -0.39 is 46.5 Å². The second-order valence-electron chi connectivity index (χ2n) is 10.4. The maximum atomic E-state index is 13.0. The van der Waals surface area contributed by atoms with Crippen molar-refractivity contribution in [1.82, 2.24) is 0 Å².